The molecule has 1 heterocycles. The lowest BCUT2D eigenvalue weighted by atomic mass is 10.00. The molecule has 18 heteroatoms. The van der Waals surface area contributed by atoms with E-state index in [1.807, 2.05) is 0 Å². The Morgan fingerprint density at radius 2 is 1.55 bits per heavy atom. The standard InChI is InChI=1S/C31H38N8O9S/c1-19(2)26(29(43)32-22(14-15-49(3,46)47)16-24-36-38-39-37-24)34-30(44)27(21-12-8-5-9-13-21)35-28(42)23(17-25(40)41)33-31(45)48-18-20-10-6-4-7-11-20/h4-15,19,22-23,26-27H,16-18H2,1-3H3,(H,32,43)(H,33,45)(H,34,44)(H,35,42)(H,40,41)(H,36,37,38,39)/b15-14+/t22-,23+,26-,27+/m1/s1. The number of rotatable bonds is 17. The Balaban J connectivity index is 1.79. The number of nitrogens with zero attached hydrogens (tertiary/aromatic N) is 3. The van der Waals surface area contributed by atoms with Crippen LogP contribution in [0.5, 0.6) is 0 Å². The second-order valence-corrected chi connectivity index (χ2v) is 13.2. The highest BCUT2D eigenvalue weighted by Gasteiger charge is 2.33. The van der Waals surface area contributed by atoms with Gasteiger partial charge in [-0.15, -0.1) is 5.10 Å². The van der Waals surface area contributed by atoms with Crippen LogP contribution in [0.15, 0.2) is 72.1 Å². The number of sulfone groups is 1. The van der Waals surface area contributed by atoms with E-state index in [2.05, 4.69) is 41.9 Å². The third-order valence-corrected chi connectivity index (χ3v) is 7.47. The van der Waals surface area contributed by atoms with Crippen molar-refractivity contribution < 1.29 is 42.2 Å². The number of nitrogens with one attached hydrogen (secondary N) is 5. The summed E-state index contributed by atoms with van der Waals surface area (Å²) in [4.78, 5) is 64.8. The predicted octanol–water partition coefficient (Wildman–Crippen LogP) is 0.553. The molecule has 1 aromatic heterocycles. The Labute approximate surface area is 282 Å². The van der Waals surface area contributed by atoms with Gasteiger partial charge in [0, 0.05) is 18.1 Å². The average molecular weight is 699 g/mol. The zero-order valence-corrected chi connectivity index (χ0v) is 27.7. The van der Waals surface area contributed by atoms with E-state index in [1.54, 1.807) is 74.5 Å². The Bertz CT molecular complexity index is 1700. The lowest BCUT2D eigenvalue weighted by molar-refractivity contribution is -0.140. The van der Waals surface area contributed by atoms with E-state index in [0.717, 1.165) is 11.7 Å². The SMILES string of the molecule is CC(C)[C@@H](NC(=O)[C@@H](NC(=O)[C@H](CC(=O)O)NC(=O)OCc1ccccc1)c1ccccc1)C(=O)N[C@H](/C=C/S(C)(=O)=O)Cc1nnn[nH]1. The minimum absolute atomic E-state index is 0.00202. The van der Waals surface area contributed by atoms with Crippen LogP contribution in [0.1, 0.15) is 43.3 Å². The van der Waals surface area contributed by atoms with Gasteiger partial charge in [0.1, 0.15) is 24.7 Å². The van der Waals surface area contributed by atoms with Crippen LogP contribution in [-0.2, 0) is 46.8 Å². The van der Waals surface area contributed by atoms with Gasteiger partial charge in [-0.1, -0.05) is 80.6 Å². The number of aliphatic carboxylic acids is 1. The number of hydrogen-bond donors (Lipinski definition) is 6. The first-order valence-electron chi connectivity index (χ1n) is 15.0. The molecule has 4 amide bonds. The fourth-order valence-corrected chi connectivity index (χ4v) is 4.88. The molecule has 0 unspecified atom stereocenters. The Hall–Kier alpha value is -5.65. The number of carbonyl (C=O) groups excluding carboxylic acids is 4. The van der Waals surface area contributed by atoms with Crippen LogP contribution in [0, 0.1) is 5.92 Å². The smallest absolute Gasteiger partial charge is 0.408 e. The van der Waals surface area contributed by atoms with Crippen LogP contribution in [0.4, 0.5) is 4.79 Å². The van der Waals surface area contributed by atoms with Crippen LogP contribution in [0.2, 0.25) is 0 Å². The van der Waals surface area contributed by atoms with Crippen LogP contribution in [0.3, 0.4) is 0 Å². The van der Waals surface area contributed by atoms with E-state index >= 15 is 0 Å². The lowest BCUT2D eigenvalue weighted by Gasteiger charge is -2.27. The number of tetrazole rings is 1. The molecule has 4 atom stereocenters. The van der Waals surface area contributed by atoms with Gasteiger partial charge in [-0.05, 0) is 27.5 Å². The van der Waals surface area contributed by atoms with Crippen LogP contribution in [0.25, 0.3) is 0 Å². The Morgan fingerprint density at radius 1 is 0.898 bits per heavy atom. The maximum atomic E-state index is 13.8. The number of amides is 4. The molecule has 0 saturated heterocycles. The normalized spacial score (nSPS) is 13.9. The second kappa shape index (κ2) is 18.0. The molecule has 0 saturated carbocycles. The minimum atomic E-state index is -3.56. The third-order valence-electron chi connectivity index (χ3n) is 6.82. The number of hydrogen-bond acceptors (Lipinski definition) is 11. The van der Waals surface area contributed by atoms with Gasteiger partial charge in [0.2, 0.25) is 17.7 Å². The molecule has 262 valence electrons. The van der Waals surface area contributed by atoms with Crippen molar-refractivity contribution in [2.75, 3.05) is 6.26 Å². The molecule has 6 N–H and O–H groups in total. The van der Waals surface area contributed by atoms with Crippen molar-refractivity contribution in [2.24, 2.45) is 5.92 Å². The summed E-state index contributed by atoms with van der Waals surface area (Å²) in [7, 11) is -3.56. The molecule has 17 nitrogen and oxygen atoms in total. The van der Waals surface area contributed by atoms with Gasteiger partial charge in [0.05, 0.1) is 12.5 Å². The average Bonchev–Trinajstić information content (AvgIpc) is 3.56. The molecule has 0 aliphatic carbocycles. The lowest BCUT2D eigenvalue weighted by Crippen LogP contribution is -2.56. The second-order valence-electron chi connectivity index (χ2n) is 11.3. The molecule has 0 aliphatic heterocycles. The number of ether oxygens (including phenoxy) is 1. The fraction of sp³-hybridized carbons (Fsp3) is 0.355. The van der Waals surface area contributed by atoms with E-state index in [9.17, 15) is 37.5 Å². The summed E-state index contributed by atoms with van der Waals surface area (Å²) in [5.74, 6) is -4.14. The van der Waals surface area contributed by atoms with Crippen molar-refractivity contribution in [2.45, 2.75) is 57.5 Å². The molecule has 0 fully saturated rings. The zero-order valence-electron chi connectivity index (χ0n) is 26.9. The molecule has 0 aliphatic rings. The Morgan fingerprint density at radius 3 is 2.12 bits per heavy atom. The summed E-state index contributed by atoms with van der Waals surface area (Å²) in [6.07, 6.45) is 0.358. The molecule has 3 rings (SSSR count). The first-order valence-corrected chi connectivity index (χ1v) is 16.9. The van der Waals surface area contributed by atoms with Crippen LogP contribution in [-0.4, -0.2) is 88.3 Å². The number of aromatic amines is 1. The van der Waals surface area contributed by atoms with E-state index < -0.39 is 76.1 Å². The number of carbonyl (C=O) groups is 5. The van der Waals surface area contributed by atoms with E-state index in [-0.39, 0.29) is 18.9 Å². The number of alkyl carbamates (subject to hydrolysis) is 1. The highest BCUT2D eigenvalue weighted by molar-refractivity contribution is 7.93. The molecule has 0 radical (unpaired) electrons. The van der Waals surface area contributed by atoms with Crippen molar-refractivity contribution in [3.8, 4) is 0 Å². The number of carboxylic acid groups (broad SMARTS) is 1. The topological polar surface area (TPSA) is 252 Å². The highest BCUT2D eigenvalue weighted by Crippen LogP contribution is 2.16. The van der Waals surface area contributed by atoms with Gasteiger partial charge < -0.3 is 31.1 Å². The molecule has 3 aromatic rings. The molecule has 0 bridgehead atoms. The van der Waals surface area contributed by atoms with Gasteiger partial charge >= 0.3 is 12.1 Å². The van der Waals surface area contributed by atoms with E-state index in [4.69, 9.17) is 4.74 Å². The molecule has 49 heavy (non-hydrogen) atoms. The molecule has 0 spiro atoms. The first kappa shape index (κ1) is 37.8. The molecule has 2 aromatic carbocycles. The predicted molar refractivity (Wildman–Crippen MR) is 174 cm³/mol. The largest absolute Gasteiger partial charge is 0.481 e. The molecular weight excluding hydrogens is 660 g/mol. The van der Waals surface area contributed by atoms with Gasteiger partial charge in [0.15, 0.2) is 15.7 Å². The van der Waals surface area contributed by atoms with Crippen LogP contribution < -0.4 is 21.3 Å². The van der Waals surface area contributed by atoms with Crippen molar-refractivity contribution in [3.63, 3.8) is 0 Å². The van der Waals surface area contributed by atoms with Gasteiger partial charge in [0.25, 0.3) is 0 Å². The van der Waals surface area contributed by atoms with E-state index in [0.29, 0.717) is 11.1 Å². The van der Waals surface area contributed by atoms with Crippen molar-refractivity contribution in [1.82, 2.24) is 41.9 Å². The summed E-state index contributed by atoms with van der Waals surface area (Å²) in [5.41, 5.74) is 0.956. The number of H-pyrrole nitrogens is 1. The van der Waals surface area contributed by atoms with Crippen molar-refractivity contribution >= 4 is 39.6 Å². The minimum Gasteiger partial charge on any atom is -0.481 e. The third kappa shape index (κ3) is 13.2. The summed E-state index contributed by atoms with van der Waals surface area (Å²) in [6.45, 7) is 3.19. The Kier molecular flexibility index (Phi) is 13.9. The summed E-state index contributed by atoms with van der Waals surface area (Å²) < 4.78 is 28.7. The van der Waals surface area contributed by atoms with Crippen molar-refractivity contribution in [1.29, 1.82) is 0 Å². The maximum absolute atomic E-state index is 13.8. The first-order chi connectivity index (χ1) is 23.2. The quantitative estimate of drug-likeness (QED) is 0.113. The zero-order chi connectivity index (χ0) is 36.0. The monoisotopic (exact) mass is 698 g/mol. The number of carboxylic acids is 1. The number of aromatic nitrogens is 4. The van der Waals surface area contributed by atoms with Gasteiger partial charge in [-0.25, -0.2) is 18.3 Å². The van der Waals surface area contributed by atoms with Crippen molar-refractivity contribution in [3.05, 3.63) is 89.1 Å². The number of benzene rings is 2. The van der Waals surface area contributed by atoms with E-state index in [1.165, 1.54) is 6.08 Å². The summed E-state index contributed by atoms with van der Waals surface area (Å²) in [6, 6.07) is 11.5. The summed E-state index contributed by atoms with van der Waals surface area (Å²) >= 11 is 0. The maximum Gasteiger partial charge on any atom is 0.408 e. The van der Waals surface area contributed by atoms with Gasteiger partial charge in [-0.2, -0.15) is 0 Å². The van der Waals surface area contributed by atoms with Crippen LogP contribution >= 0.6 is 0 Å². The fourth-order valence-electron chi connectivity index (χ4n) is 4.40. The molecular formula is C31H38N8O9S. The van der Waals surface area contributed by atoms with Gasteiger partial charge in [-0.3, -0.25) is 19.2 Å². The summed E-state index contributed by atoms with van der Waals surface area (Å²) in [5, 5.41) is 33.6. The highest BCUT2D eigenvalue weighted by atomic mass is 32.2.